The molecule has 43 heavy (non-hydrogen) atoms. The van der Waals surface area contributed by atoms with Gasteiger partial charge >= 0.3 is 11.9 Å². The van der Waals surface area contributed by atoms with Crippen molar-refractivity contribution in [2.24, 2.45) is 0 Å². The third kappa shape index (κ3) is 6.87. The van der Waals surface area contributed by atoms with Crippen LogP contribution >= 0.6 is 0 Å². The van der Waals surface area contributed by atoms with Crippen LogP contribution in [-0.2, 0) is 43.5 Å². The Morgan fingerprint density at radius 2 is 1.40 bits per heavy atom. The summed E-state index contributed by atoms with van der Waals surface area (Å²) in [6.45, 7) is 2.74. The molecule has 3 aromatic carbocycles. The Kier molecular flexibility index (Phi) is 9.68. The minimum atomic E-state index is -1.33. The van der Waals surface area contributed by atoms with E-state index in [9.17, 15) is 14.7 Å². The van der Waals surface area contributed by atoms with Gasteiger partial charge in [-0.25, -0.2) is 9.59 Å². The van der Waals surface area contributed by atoms with Crippen LogP contribution < -0.4 is 0 Å². The van der Waals surface area contributed by atoms with Gasteiger partial charge in [-0.2, -0.15) is 0 Å². The molecule has 1 aliphatic rings. The molecule has 4 aromatic rings. The first-order valence-corrected chi connectivity index (χ1v) is 13.9. The fourth-order valence-electron chi connectivity index (χ4n) is 5.26. The maximum atomic E-state index is 12.9. The van der Waals surface area contributed by atoms with Crippen LogP contribution in [0.2, 0.25) is 0 Å². The number of hydrogen-bond acceptors (Lipinski definition) is 8. The second-order valence-corrected chi connectivity index (χ2v) is 10.4. The van der Waals surface area contributed by atoms with Gasteiger partial charge < -0.3 is 33.2 Å². The minimum absolute atomic E-state index is 0.0151. The quantitative estimate of drug-likeness (QED) is 0.189. The van der Waals surface area contributed by atoms with E-state index in [1.54, 1.807) is 0 Å². The maximum Gasteiger partial charge on any atom is 0.342 e. The van der Waals surface area contributed by atoms with Crippen molar-refractivity contribution in [1.82, 2.24) is 0 Å². The molecule has 224 valence electrons. The highest BCUT2D eigenvalue weighted by molar-refractivity contribution is 6.03. The van der Waals surface area contributed by atoms with E-state index in [1.165, 1.54) is 7.11 Å². The standard InChI is InChI=1S/C34H34O9/c1-34(42-20-25-16-10-5-11-17-25)30(41-19-24-14-8-4-9-15-24)27(22-39-18-23-12-6-3-7-13-23)43-31(34)29-28(33(37)38-2)26(21-40-29)32(35)36/h3-17,21,27,30-31H,18-20,22H2,1-2H3,(H,35,36). The van der Waals surface area contributed by atoms with E-state index in [0.717, 1.165) is 23.0 Å². The first-order chi connectivity index (χ1) is 20.9. The SMILES string of the molecule is COC(=O)c1c(C(=O)O)coc1C1OC(COCc2ccccc2)C(OCc2ccccc2)C1(C)OCc1ccccc1. The van der Waals surface area contributed by atoms with E-state index in [0.29, 0.717) is 6.61 Å². The van der Waals surface area contributed by atoms with Gasteiger partial charge in [-0.15, -0.1) is 0 Å². The number of hydrogen-bond donors (Lipinski definition) is 1. The van der Waals surface area contributed by atoms with Crippen molar-refractivity contribution in [2.45, 2.75) is 50.7 Å². The van der Waals surface area contributed by atoms with Gasteiger partial charge in [0.2, 0.25) is 0 Å². The number of ether oxygens (including phenoxy) is 5. The highest BCUT2D eigenvalue weighted by Gasteiger charge is 2.58. The first kappa shape index (κ1) is 30.2. The Bertz CT molecular complexity index is 1490. The summed E-state index contributed by atoms with van der Waals surface area (Å²) in [5.74, 6) is -2.21. The summed E-state index contributed by atoms with van der Waals surface area (Å²) in [4.78, 5) is 24.9. The zero-order chi connectivity index (χ0) is 30.2. The zero-order valence-electron chi connectivity index (χ0n) is 24.0. The first-order valence-electron chi connectivity index (χ1n) is 13.9. The summed E-state index contributed by atoms with van der Waals surface area (Å²) in [5.41, 5.74) is 1.03. The summed E-state index contributed by atoms with van der Waals surface area (Å²) in [7, 11) is 1.18. The molecule has 9 nitrogen and oxygen atoms in total. The van der Waals surface area contributed by atoms with Gasteiger partial charge in [-0.1, -0.05) is 91.0 Å². The molecule has 4 unspecified atom stereocenters. The second-order valence-electron chi connectivity index (χ2n) is 10.4. The van der Waals surface area contributed by atoms with Crippen LogP contribution in [0.1, 0.15) is 56.2 Å². The van der Waals surface area contributed by atoms with Crippen molar-refractivity contribution < 1.29 is 42.8 Å². The van der Waals surface area contributed by atoms with Gasteiger partial charge in [-0.3, -0.25) is 0 Å². The number of furan rings is 1. The molecule has 2 heterocycles. The number of benzene rings is 3. The van der Waals surface area contributed by atoms with Gasteiger partial charge in [0, 0.05) is 0 Å². The molecule has 0 amide bonds. The summed E-state index contributed by atoms with van der Waals surface area (Å²) in [6, 6.07) is 29.0. The van der Waals surface area contributed by atoms with Gasteiger partial charge in [0.25, 0.3) is 0 Å². The van der Waals surface area contributed by atoms with Crippen LogP contribution in [0.4, 0.5) is 0 Å². The summed E-state index contributed by atoms with van der Waals surface area (Å²) >= 11 is 0. The van der Waals surface area contributed by atoms with E-state index < -0.39 is 35.9 Å². The van der Waals surface area contributed by atoms with E-state index in [1.807, 2.05) is 97.9 Å². The third-order valence-electron chi connectivity index (χ3n) is 7.47. The lowest BCUT2D eigenvalue weighted by molar-refractivity contribution is -0.150. The molecule has 0 bridgehead atoms. The average Bonchev–Trinajstić information content (AvgIpc) is 3.59. The second kappa shape index (κ2) is 13.8. The van der Waals surface area contributed by atoms with Gasteiger partial charge in [0.1, 0.15) is 41.3 Å². The number of carboxylic acid groups (broad SMARTS) is 1. The number of carboxylic acids is 1. The topological polar surface area (TPSA) is 114 Å². The van der Waals surface area contributed by atoms with Gasteiger partial charge in [0.15, 0.2) is 5.76 Å². The largest absolute Gasteiger partial charge is 0.478 e. The number of methoxy groups -OCH3 is 1. The summed E-state index contributed by atoms with van der Waals surface area (Å²) in [6.07, 6.45) is -1.39. The van der Waals surface area contributed by atoms with Crippen molar-refractivity contribution in [3.63, 3.8) is 0 Å². The highest BCUT2D eigenvalue weighted by Crippen LogP contribution is 2.48. The lowest BCUT2D eigenvalue weighted by Crippen LogP contribution is -2.47. The maximum absolute atomic E-state index is 12.9. The lowest BCUT2D eigenvalue weighted by Gasteiger charge is -2.35. The molecule has 1 fully saturated rings. The molecule has 9 heteroatoms. The predicted molar refractivity (Wildman–Crippen MR) is 155 cm³/mol. The number of carbonyl (C=O) groups excluding carboxylic acids is 1. The Labute approximate surface area is 249 Å². The van der Waals surface area contributed by atoms with Crippen LogP contribution in [0.25, 0.3) is 0 Å². The van der Waals surface area contributed by atoms with Crippen LogP contribution in [-0.4, -0.2) is 48.6 Å². The van der Waals surface area contributed by atoms with Gasteiger partial charge in [0.05, 0.1) is 33.5 Å². The van der Waals surface area contributed by atoms with Gasteiger partial charge in [-0.05, 0) is 23.6 Å². The van der Waals surface area contributed by atoms with Crippen molar-refractivity contribution >= 4 is 11.9 Å². The molecule has 1 aromatic heterocycles. The lowest BCUT2D eigenvalue weighted by atomic mass is 9.89. The van der Waals surface area contributed by atoms with Crippen molar-refractivity contribution in [3.8, 4) is 0 Å². The molecule has 5 rings (SSSR count). The number of carbonyl (C=O) groups is 2. The van der Waals surface area contributed by atoms with E-state index in [2.05, 4.69) is 0 Å². The predicted octanol–water partition coefficient (Wildman–Crippen LogP) is 5.98. The molecular weight excluding hydrogens is 552 g/mol. The van der Waals surface area contributed by atoms with Crippen molar-refractivity contribution in [1.29, 1.82) is 0 Å². The molecule has 1 N–H and O–H groups in total. The van der Waals surface area contributed by atoms with E-state index >= 15 is 0 Å². The molecular formula is C34H34O9. The molecule has 0 saturated carbocycles. The third-order valence-corrected chi connectivity index (χ3v) is 7.47. The van der Waals surface area contributed by atoms with Crippen LogP contribution in [0.15, 0.2) is 102 Å². The molecule has 4 atom stereocenters. The highest BCUT2D eigenvalue weighted by atomic mass is 16.6. The van der Waals surface area contributed by atoms with Crippen LogP contribution in [0.5, 0.6) is 0 Å². The molecule has 1 saturated heterocycles. The summed E-state index contributed by atoms with van der Waals surface area (Å²) < 4.78 is 36.5. The summed E-state index contributed by atoms with van der Waals surface area (Å²) in [5, 5.41) is 9.80. The van der Waals surface area contributed by atoms with Crippen molar-refractivity contribution in [3.05, 3.63) is 131 Å². The Balaban J connectivity index is 1.52. The Hall–Kier alpha value is -4.28. The zero-order valence-corrected chi connectivity index (χ0v) is 24.0. The molecule has 1 aliphatic heterocycles. The van der Waals surface area contributed by atoms with Crippen LogP contribution in [0.3, 0.4) is 0 Å². The van der Waals surface area contributed by atoms with Crippen LogP contribution in [0, 0.1) is 0 Å². The van der Waals surface area contributed by atoms with Crippen molar-refractivity contribution in [2.75, 3.05) is 13.7 Å². The Morgan fingerprint density at radius 1 is 0.837 bits per heavy atom. The number of rotatable bonds is 13. The number of aromatic carboxylic acids is 1. The smallest absolute Gasteiger partial charge is 0.342 e. The number of esters is 1. The molecule has 0 radical (unpaired) electrons. The fraction of sp³-hybridized carbons (Fsp3) is 0.294. The minimum Gasteiger partial charge on any atom is -0.478 e. The average molecular weight is 587 g/mol. The monoisotopic (exact) mass is 586 g/mol. The Morgan fingerprint density at radius 3 is 1.95 bits per heavy atom. The fourth-order valence-corrected chi connectivity index (χ4v) is 5.26. The normalized spacial score (nSPS) is 21.5. The van der Waals surface area contributed by atoms with E-state index in [-0.39, 0.29) is 36.7 Å². The van der Waals surface area contributed by atoms with E-state index in [4.69, 9.17) is 28.1 Å². The molecule has 0 spiro atoms. The molecule has 0 aliphatic carbocycles.